The number of carbonyl (C=O) groups excluding carboxylic acids is 1. The minimum atomic E-state index is 0.105. The minimum Gasteiger partial charge on any atom is -0.336 e. The van der Waals surface area contributed by atoms with E-state index < -0.39 is 0 Å². The van der Waals surface area contributed by atoms with Gasteiger partial charge in [-0.25, -0.2) is 4.90 Å². The van der Waals surface area contributed by atoms with Crippen molar-refractivity contribution in [2.24, 2.45) is 0 Å². The van der Waals surface area contributed by atoms with E-state index in [1.165, 1.54) is 0 Å². The molecule has 0 atom stereocenters. The Morgan fingerprint density at radius 2 is 1.76 bits per heavy atom. The molecule has 1 heterocycles. The summed E-state index contributed by atoms with van der Waals surface area (Å²) >= 11 is 3.43. The van der Waals surface area contributed by atoms with Gasteiger partial charge in [-0.3, -0.25) is 4.79 Å². The fourth-order valence-electron chi connectivity index (χ4n) is 2.68. The van der Waals surface area contributed by atoms with Crippen LogP contribution in [0.25, 0.3) is 0 Å². The van der Waals surface area contributed by atoms with Crippen LogP contribution in [-0.2, 0) is 22.7 Å². The molecule has 130 valence electrons. The monoisotopic (exact) mass is 418 g/mol. The normalized spacial score (nSPS) is 15.4. The molecule has 0 N–H and O–H groups in total. The van der Waals surface area contributed by atoms with Gasteiger partial charge in [0.25, 0.3) is 0 Å². The fourth-order valence-corrected chi connectivity index (χ4v) is 3.20. The number of carbonyl (C=O) groups is 1. The number of amides is 1. The summed E-state index contributed by atoms with van der Waals surface area (Å²) in [4.78, 5) is 16.3. The third kappa shape index (κ3) is 5.23. The molecule has 3 rings (SSSR count). The zero-order valence-electron chi connectivity index (χ0n) is 13.8. The molecular weight excluding hydrogens is 399 g/mol. The van der Waals surface area contributed by atoms with E-state index in [4.69, 9.17) is 4.74 Å². The summed E-state index contributed by atoms with van der Waals surface area (Å²) in [5.41, 5.74) is 2.84. The average molecular weight is 419 g/mol. The van der Waals surface area contributed by atoms with Crippen LogP contribution in [0.5, 0.6) is 0 Å². The van der Waals surface area contributed by atoms with Crippen LogP contribution in [0.2, 0.25) is 0 Å². The van der Waals surface area contributed by atoms with Crippen molar-refractivity contribution in [3.8, 4) is 0 Å². The number of hydrogen-bond donors (Lipinski definition) is 0. The molecule has 0 aromatic heterocycles. The van der Waals surface area contributed by atoms with Crippen molar-refractivity contribution in [2.45, 2.75) is 13.2 Å². The summed E-state index contributed by atoms with van der Waals surface area (Å²) in [5, 5.41) is 0. The Kier molecular flexibility index (Phi) is 6.38. The zero-order valence-corrected chi connectivity index (χ0v) is 16.4. The molecule has 0 aliphatic carbocycles. The largest absolute Gasteiger partial charge is 0.336 e. The van der Waals surface area contributed by atoms with E-state index in [0.717, 1.165) is 22.1 Å². The zero-order chi connectivity index (χ0) is 17.6. The van der Waals surface area contributed by atoms with E-state index in [1.807, 2.05) is 64.4 Å². The van der Waals surface area contributed by atoms with Gasteiger partial charge < -0.3 is 9.64 Å². The SMILES string of the molecule is O=C1CN(C(=P)OCc2ccccc2)CCN1Cc1ccc(Br)cc1. The number of rotatable bonds is 6. The van der Waals surface area contributed by atoms with Gasteiger partial charge in [-0.2, -0.15) is 0 Å². The van der Waals surface area contributed by atoms with E-state index in [9.17, 15) is 4.79 Å². The highest BCUT2D eigenvalue weighted by Gasteiger charge is 2.26. The van der Waals surface area contributed by atoms with Gasteiger partial charge in [0.05, 0.1) is 13.2 Å². The Bertz CT molecular complexity index is 737. The van der Waals surface area contributed by atoms with Crippen LogP contribution in [0, 0.1) is 0 Å². The molecular formula is C19H20BrN2O2P. The van der Waals surface area contributed by atoms with Gasteiger partial charge in [-0.05, 0) is 23.3 Å². The van der Waals surface area contributed by atoms with Crippen LogP contribution in [0.15, 0.2) is 59.1 Å². The first-order valence-electron chi connectivity index (χ1n) is 8.14. The van der Waals surface area contributed by atoms with E-state index >= 15 is 0 Å². The standard InChI is InChI=1S/C19H20BrN2O2P/c20-17-8-6-15(7-9-17)12-21-10-11-22(13-18(21)23)19(25)24-14-16-4-2-1-3-5-16/h1-9,25H,10-14H2. The number of halogens is 1. The summed E-state index contributed by atoms with van der Waals surface area (Å²) in [6.45, 7) is 2.87. The summed E-state index contributed by atoms with van der Waals surface area (Å²) < 4.78 is 6.81. The molecule has 0 unspecified atom stereocenters. The number of nitrogens with zero attached hydrogens (tertiary/aromatic N) is 2. The van der Waals surface area contributed by atoms with Crippen LogP contribution >= 0.6 is 24.8 Å². The first-order valence-corrected chi connectivity index (χ1v) is 9.43. The second-order valence-corrected chi connectivity index (χ2v) is 7.29. The summed E-state index contributed by atoms with van der Waals surface area (Å²) in [6, 6.07) is 18.0. The molecule has 1 fully saturated rings. The molecule has 1 aliphatic heterocycles. The van der Waals surface area contributed by atoms with E-state index in [1.54, 1.807) is 0 Å². The predicted octanol–water partition coefficient (Wildman–Crippen LogP) is 3.54. The highest BCUT2D eigenvalue weighted by atomic mass is 79.9. The van der Waals surface area contributed by atoms with Crippen molar-refractivity contribution in [3.05, 3.63) is 70.2 Å². The van der Waals surface area contributed by atoms with Gasteiger partial charge in [0.15, 0.2) is 0 Å². The van der Waals surface area contributed by atoms with Crippen LogP contribution in [0.4, 0.5) is 0 Å². The molecule has 6 heteroatoms. The smallest absolute Gasteiger partial charge is 0.237 e. The maximum Gasteiger partial charge on any atom is 0.237 e. The Hall–Kier alpha value is -1.52. The number of benzene rings is 2. The first-order chi connectivity index (χ1) is 12.1. The van der Waals surface area contributed by atoms with Gasteiger partial charge >= 0.3 is 0 Å². The quantitative estimate of drug-likeness (QED) is 0.672. The molecule has 4 nitrogen and oxygen atoms in total. The summed E-state index contributed by atoms with van der Waals surface area (Å²) in [5.74, 6) is 0.105. The lowest BCUT2D eigenvalue weighted by atomic mass is 10.2. The van der Waals surface area contributed by atoms with Crippen molar-refractivity contribution >= 4 is 36.3 Å². The molecule has 1 saturated heterocycles. The third-order valence-corrected chi connectivity index (χ3v) is 5.10. The van der Waals surface area contributed by atoms with Crippen LogP contribution in [0.1, 0.15) is 11.1 Å². The highest BCUT2D eigenvalue weighted by molar-refractivity contribution is 9.10. The van der Waals surface area contributed by atoms with Gasteiger partial charge in [0.1, 0.15) is 5.60 Å². The third-order valence-electron chi connectivity index (χ3n) is 4.11. The number of ether oxygens (including phenoxy) is 1. The topological polar surface area (TPSA) is 32.8 Å². The Labute approximate surface area is 158 Å². The fraction of sp³-hybridized carbons (Fsp3) is 0.263. The first kappa shape index (κ1) is 18.3. The Morgan fingerprint density at radius 1 is 1.04 bits per heavy atom. The molecule has 25 heavy (non-hydrogen) atoms. The van der Waals surface area contributed by atoms with E-state index in [2.05, 4.69) is 24.8 Å². The van der Waals surface area contributed by atoms with Crippen LogP contribution in [-0.4, -0.2) is 40.9 Å². The molecule has 1 aliphatic rings. The van der Waals surface area contributed by atoms with Gasteiger partial charge in [0.2, 0.25) is 5.91 Å². The summed E-state index contributed by atoms with van der Waals surface area (Å²) in [6.07, 6.45) is 0. The second kappa shape index (κ2) is 8.72. The molecule has 0 radical (unpaired) electrons. The number of hydrogen-bond acceptors (Lipinski definition) is 2. The average Bonchev–Trinajstić information content (AvgIpc) is 2.64. The van der Waals surface area contributed by atoms with Crippen molar-refractivity contribution in [1.82, 2.24) is 9.80 Å². The lowest BCUT2D eigenvalue weighted by Gasteiger charge is -2.34. The molecule has 2 aromatic carbocycles. The maximum absolute atomic E-state index is 12.4. The van der Waals surface area contributed by atoms with Gasteiger partial charge in [-0.1, -0.05) is 67.3 Å². The molecule has 0 bridgehead atoms. The van der Waals surface area contributed by atoms with Crippen molar-refractivity contribution in [1.29, 1.82) is 0 Å². The van der Waals surface area contributed by atoms with Crippen LogP contribution in [0.3, 0.4) is 0 Å². The highest BCUT2D eigenvalue weighted by Crippen LogP contribution is 2.15. The lowest BCUT2D eigenvalue weighted by molar-refractivity contribution is -0.135. The second-order valence-electron chi connectivity index (χ2n) is 5.94. The Balaban J connectivity index is 1.50. The van der Waals surface area contributed by atoms with E-state index in [0.29, 0.717) is 31.8 Å². The number of piperazine rings is 1. The van der Waals surface area contributed by atoms with Crippen molar-refractivity contribution in [3.63, 3.8) is 0 Å². The van der Waals surface area contributed by atoms with Gasteiger partial charge in [-0.15, -0.1) is 0 Å². The van der Waals surface area contributed by atoms with Gasteiger partial charge in [0, 0.05) is 24.1 Å². The lowest BCUT2D eigenvalue weighted by Crippen LogP contribution is -2.51. The van der Waals surface area contributed by atoms with Crippen molar-refractivity contribution < 1.29 is 9.53 Å². The molecule has 1 amide bonds. The Morgan fingerprint density at radius 3 is 2.44 bits per heavy atom. The molecule has 0 saturated carbocycles. The maximum atomic E-state index is 12.4. The van der Waals surface area contributed by atoms with E-state index in [-0.39, 0.29) is 5.91 Å². The molecule has 2 aromatic rings. The summed E-state index contributed by atoms with van der Waals surface area (Å²) in [7, 11) is 3.52. The predicted molar refractivity (Wildman–Crippen MR) is 106 cm³/mol. The minimum absolute atomic E-state index is 0.105. The van der Waals surface area contributed by atoms with Crippen molar-refractivity contribution in [2.75, 3.05) is 19.6 Å². The molecule has 0 spiro atoms. The van der Waals surface area contributed by atoms with Crippen LogP contribution < -0.4 is 0 Å².